The Kier molecular flexibility index (Phi) is 6.85. The first-order chi connectivity index (χ1) is 15.1. The standard InChI is InChI=1S/C25H24ClFN2O2/c26-22-7-3-9-24(16-22)31-18-20-5-1-6-21(14-20)25(30)29-12-10-28(11-13-29)17-19-4-2-8-23(27)15-19/h1-9,14-16H,10-13,17-18H2. The van der Waals surface area contributed by atoms with Gasteiger partial charge in [0.1, 0.15) is 18.2 Å². The van der Waals surface area contributed by atoms with Crippen LogP contribution in [-0.4, -0.2) is 41.9 Å². The van der Waals surface area contributed by atoms with Crippen molar-refractivity contribution in [3.63, 3.8) is 0 Å². The number of carbonyl (C=O) groups is 1. The first kappa shape index (κ1) is 21.3. The van der Waals surface area contributed by atoms with Crippen molar-refractivity contribution < 1.29 is 13.9 Å². The Bertz CT molecular complexity index is 1050. The van der Waals surface area contributed by atoms with Gasteiger partial charge in [0, 0.05) is 43.3 Å². The molecule has 31 heavy (non-hydrogen) atoms. The predicted molar refractivity (Wildman–Crippen MR) is 120 cm³/mol. The van der Waals surface area contributed by atoms with E-state index in [1.165, 1.54) is 6.07 Å². The van der Waals surface area contributed by atoms with Crippen LogP contribution < -0.4 is 4.74 Å². The van der Waals surface area contributed by atoms with E-state index in [9.17, 15) is 9.18 Å². The minimum atomic E-state index is -0.217. The van der Waals surface area contributed by atoms with Crippen molar-refractivity contribution in [1.29, 1.82) is 0 Å². The number of rotatable bonds is 6. The quantitative estimate of drug-likeness (QED) is 0.542. The molecule has 0 saturated carbocycles. The Balaban J connectivity index is 1.32. The lowest BCUT2D eigenvalue weighted by Crippen LogP contribution is -2.48. The second kappa shape index (κ2) is 9.94. The van der Waals surface area contributed by atoms with Crippen molar-refractivity contribution in [3.05, 3.63) is 100 Å². The molecule has 0 unspecified atom stereocenters. The Morgan fingerprint density at radius 2 is 1.65 bits per heavy atom. The highest BCUT2D eigenvalue weighted by atomic mass is 35.5. The number of hydrogen-bond donors (Lipinski definition) is 0. The number of piperazine rings is 1. The second-order valence-electron chi connectivity index (χ2n) is 7.64. The van der Waals surface area contributed by atoms with Gasteiger partial charge in [0.05, 0.1) is 0 Å². The Morgan fingerprint density at radius 1 is 0.903 bits per heavy atom. The molecule has 1 aliphatic rings. The van der Waals surface area contributed by atoms with Crippen molar-refractivity contribution in [3.8, 4) is 5.75 Å². The molecule has 0 radical (unpaired) electrons. The molecule has 0 atom stereocenters. The highest BCUT2D eigenvalue weighted by Gasteiger charge is 2.22. The second-order valence-corrected chi connectivity index (χ2v) is 8.08. The lowest BCUT2D eigenvalue weighted by atomic mass is 10.1. The maximum atomic E-state index is 13.4. The summed E-state index contributed by atoms with van der Waals surface area (Å²) < 4.78 is 19.2. The number of benzene rings is 3. The van der Waals surface area contributed by atoms with Gasteiger partial charge in [0.25, 0.3) is 5.91 Å². The fourth-order valence-corrected chi connectivity index (χ4v) is 3.88. The van der Waals surface area contributed by atoms with E-state index in [1.54, 1.807) is 24.3 Å². The average Bonchev–Trinajstić information content (AvgIpc) is 2.78. The van der Waals surface area contributed by atoms with Crippen LogP contribution in [0.3, 0.4) is 0 Å². The van der Waals surface area contributed by atoms with Gasteiger partial charge in [-0.1, -0.05) is 41.9 Å². The fraction of sp³-hybridized carbons (Fsp3) is 0.240. The molecule has 6 heteroatoms. The van der Waals surface area contributed by atoms with E-state index in [4.69, 9.17) is 16.3 Å². The number of nitrogens with zero attached hydrogens (tertiary/aromatic N) is 2. The lowest BCUT2D eigenvalue weighted by Gasteiger charge is -2.34. The normalized spacial score (nSPS) is 14.5. The van der Waals surface area contributed by atoms with Crippen LogP contribution in [-0.2, 0) is 13.2 Å². The van der Waals surface area contributed by atoms with Crippen LogP contribution in [0.25, 0.3) is 0 Å². The topological polar surface area (TPSA) is 32.8 Å². The molecule has 3 aromatic rings. The molecule has 160 valence electrons. The number of amides is 1. The van der Waals surface area contributed by atoms with Crippen LogP contribution in [0.1, 0.15) is 21.5 Å². The molecule has 1 saturated heterocycles. The third-order valence-corrected chi connectivity index (χ3v) is 5.57. The first-order valence-corrected chi connectivity index (χ1v) is 10.7. The van der Waals surface area contributed by atoms with Crippen LogP contribution in [0, 0.1) is 5.82 Å². The Hall–Kier alpha value is -2.89. The van der Waals surface area contributed by atoms with Crippen molar-refractivity contribution in [2.75, 3.05) is 26.2 Å². The summed E-state index contributed by atoms with van der Waals surface area (Å²) in [6, 6.07) is 21.5. The van der Waals surface area contributed by atoms with Gasteiger partial charge in [-0.25, -0.2) is 4.39 Å². The van der Waals surface area contributed by atoms with Gasteiger partial charge >= 0.3 is 0 Å². The number of halogens is 2. The molecule has 1 aliphatic heterocycles. The smallest absolute Gasteiger partial charge is 0.253 e. The zero-order chi connectivity index (χ0) is 21.6. The molecule has 1 amide bonds. The van der Waals surface area contributed by atoms with E-state index in [0.717, 1.165) is 24.2 Å². The van der Waals surface area contributed by atoms with E-state index >= 15 is 0 Å². The highest BCUT2D eigenvalue weighted by Crippen LogP contribution is 2.19. The highest BCUT2D eigenvalue weighted by molar-refractivity contribution is 6.30. The van der Waals surface area contributed by atoms with Gasteiger partial charge in [-0.2, -0.15) is 0 Å². The summed E-state index contributed by atoms with van der Waals surface area (Å²) in [4.78, 5) is 17.1. The zero-order valence-electron chi connectivity index (χ0n) is 17.1. The van der Waals surface area contributed by atoms with Gasteiger partial charge in [-0.3, -0.25) is 9.69 Å². The molecule has 1 heterocycles. The Morgan fingerprint density at radius 3 is 2.42 bits per heavy atom. The number of ether oxygens (including phenoxy) is 1. The fourth-order valence-electron chi connectivity index (χ4n) is 3.70. The summed E-state index contributed by atoms with van der Waals surface area (Å²) in [5, 5.41) is 0.623. The number of carbonyl (C=O) groups excluding carboxylic acids is 1. The van der Waals surface area contributed by atoms with Crippen molar-refractivity contribution in [1.82, 2.24) is 9.80 Å². The van der Waals surface area contributed by atoms with Crippen LogP contribution in [0.2, 0.25) is 5.02 Å². The van der Waals surface area contributed by atoms with Gasteiger partial charge in [0.2, 0.25) is 0 Å². The summed E-state index contributed by atoms with van der Waals surface area (Å²) in [6.45, 7) is 3.88. The van der Waals surface area contributed by atoms with Gasteiger partial charge in [0.15, 0.2) is 0 Å². The lowest BCUT2D eigenvalue weighted by molar-refractivity contribution is 0.0628. The molecule has 0 spiro atoms. The molecule has 3 aromatic carbocycles. The van der Waals surface area contributed by atoms with E-state index in [-0.39, 0.29) is 11.7 Å². The zero-order valence-corrected chi connectivity index (χ0v) is 17.9. The van der Waals surface area contributed by atoms with Crippen molar-refractivity contribution in [2.24, 2.45) is 0 Å². The van der Waals surface area contributed by atoms with Crippen molar-refractivity contribution in [2.45, 2.75) is 13.2 Å². The van der Waals surface area contributed by atoms with Crippen LogP contribution >= 0.6 is 11.6 Å². The van der Waals surface area contributed by atoms with Gasteiger partial charge < -0.3 is 9.64 Å². The third kappa shape index (κ3) is 5.84. The molecule has 4 rings (SSSR count). The molecule has 0 aliphatic carbocycles. The van der Waals surface area contributed by atoms with Crippen LogP contribution in [0.4, 0.5) is 4.39 Å². The summed E-state index contributed by atoms with van der Waals surface area (Å²) >= 11 is 5.99. The maximum absolute atomic E-state index is 13.4. The number of hydrogen-bond acceptors (Lipinski definition) is 3. The molecule has 4 nitrogen and oxygen atoms in total. The maximum Gasteiger partial charge on any atom is 0.253 e. The van der Waals surface area contributed by atoms with Gasteiger partial charge in [-0.15, -0.1) is 0 Å². The average molecular weight is 439 g/mol. The third-order valence-electron chi connectivity index (χ3n) is 5.33. The largest absolute Gasteiger partial charge is 0.489 e. The summed E-state index contributed by atoms with van der Waals surface area (Å²) in [7, 11) is 0. The molecular weight excluding hydrogens is 415 g/mol. The first-order valence-electron chi connectivity index (χ1n) is 10.3. The van der Waals surface area contributed by atoms with E-state index < -0.39 is 0 Å². The van der Waals surface area contributed by atoms with Crippen LogP contribution in [0.5, 0.6) is 5.75 Å². The minimum Gasteiger partial charge on any atom is -0.489 e. The molecular formula is C25H24ClFN2O2. The molecule has 1 fully saturated rings. The minimum absolute atomic E-state index is 0.0232. The van der Waals surface area contributed by atoms with Crippen molar-refractivity contribution >= 4 is 17.5 Å². The van der Waals surface area contributed by atoms with Gasteiger partial charge in [-0.05, 0) is 53.6 Å². The molecule has 0 bridgehead atoms. The SMILES string of the molecule is O=C(c1cccc(COc2cccc(Cl)c2)c1)N1CCN(Cc2cccc(F)c2)CC1. The monoisotopic (exact) mass is 438 g/mol. The molecule has 0 aromatic heterocycles. The molecule has 0 N–H and O–H groups in total. The summed E-state index contributed by atoms with van der Waals surface area (Å²) in [5.74, 6) is 0.499. The predicted octanol–water partition coefficient (Wildman–Crippen LogP) is 5.02. The van der Waals surface area contributed by atoms with E-state index in [1.807, 2.05) is 47.4 Å². The van der Waals surface area contributed by atoms with E-state index in [0.29, 0.717) is 42.6 Å². The summed E-state index contributed by atoms with van der Waals surface area (Å²) in [6.07, 6.45) is 0. The van der Waals surface area contributed by atoms with E-state index in [2.05, 4.69) is 4.90 Å². The Labute approximate surface area is 186 Å². The van der Waals surface area contributed by atoms with Crippen LogP contribution in [0.15, 0.2) is 72.8 Å². The summed E-state index contributed by atoms with van der Waals surface area (Å²) in [5.41, 5.74) is 2.54.